The van der Waals surface area contributed by atoms with E-state index in [0.717, 1.165) is 32.3 Å². The molecule has 3 rings (SSSR count). The molecule has 0 aromatic carbocycles. The predicted octanol–water partition coefficient (Wildman–Crippen LogP) is -0.739. The molecule has 3 aliphatic rings. The summed E-state index contributed by atoms with van der Waals surface area (Å²) in [5.41, 5.74) is 0. The molecule has 7 nitrogen and oxygen atoms in total. The summed E-state index contributed by atoms with van der Waals surface area (Å²) in [5, 5.41) is 5.86. The molecule has 1 saturated carbocycles. The van der Waals surface area contributed by atoms with E-state index in [9.17, 15) is 9.59 Å². The van der Waals surface area contributed by atoms with Gasteiger partial charge in [-0.3, -0.25) is 14.5 Å². The Kier molecular flexibility index (Phi) is 5.28. The molecule has 2 amide bonds. The lowest BCUT2D eigenvalue weighted by molar-refractivity contribution is -0.140. The van der Waals surface area contributed by atoms with Crippen molar-refractivity contribution < 1.29 is 19.1 Å². The number of amides is 2. The third-order valence-corrected chi connectivity index (χ3v) is 4.28. The largest absolute Gasteiger partial charge is 0.376 e. The first-order valence-electron chi connectivity index (χ1n) is 8.23. The molecule has 0 spiro atoms. The zero-order valence-electron chi connectivity index (χ0n) is 12.9. The Hall–Kier alpha value is -1.18. The second-order valence-electron chi connectivity index (χ2n) is 6.32. The van der Waals surface area contributed by atoms with E-state index >= 15 is 0 Å². The highest BCUT2D eigenvalue weighted by Gasteiger charge is 2.31. The van der Waals surface area contributed by atoms with Crippen LogP contribution < -0.4 is 10.6 Å². The van der Waals surface area contributed by atoms with E-state index in [1.807, 2.05) is 4.90 Å². The molecule has 1 aliphatic carbocycles. The summed E-state index contributed by atoms with van der Waals surface area (Å²) in [5.74, 6) is -0.0642. The maximum absolute atomic E-state index is 12.0. The van der Waals surface area contributed by atoms with Crippen molar-refractivity contribution in [1.82, 2.24) is 15.5 Å². The number of carbonyl (C=O) groups excluding carboxylic acids is 2. The van der Waals surface area contributed by atoms with Gasteiger partial charge in [0.2, 0.25) is 5.91 Å². The molecule has 22 heavy (non-hydrogen) atoms. The van der Waals surface area contributed by atoms with Crippen LogP contribution in [0.5, 0.6) is 0 Å². The molecule has 2 aliphatic heterocycles. The molecule has 0 aromatic rings. The van der Waals surface area contributed by atoms with Crippen LogP contribution in [0.2, 0.25) is 0 Å². The fourth-order valence-corrected chi connectivity index (χ4v) is 2.82. The lowest BCUT2D eigenvalue weighted by Gasteiger charge is -2.31. The van der Waals surface area contributed by atoms with Crippen molar-refractivity contribution in [2.75, 3.05) is 39.4 Å². The molecule has 7 heteroatoms. The van der Waals surface area contributed by atoms with Gasteiger partial charge in [-0.1, -0.05) is 0 Å². The number of rotatable bonds is 6. The van der Waals surface area contributed by atoms with E-state index in [1.165, 1.54) is 0 Å². The lowest BCUT2D eigenvalue weighted by atomic mass is 10.2. The van der Waals surface area contributed by atoms with Crippen LogP contribution in [0, 0.1) is 0 Å². The molecule has 2 unspecified atom stereocenters. The first kappa shape index (κ1) is 15.7. The third kappa shape index (κ3) is 4.66. The third-order valence-electron chi connectivity index (χ3n) is 4.28. The average molecular weight is 311 g/mol. The summed E-state index contributed by atoms with van der Waals surface area (Å²) in [6.07, 6.45) is 3.91. The second-order valence-corrected chi connectivity index (χ2v) is 6.32. The van der Waals surface area contributed by atoms with Crippen LogP contribution in [-0.2, 0) is 19.1 Å². The van der Waals surface area contributed by atoms with Crippen LogP contribution in [0.25, 0.3) is 0 Å². The van der Waals surface area contributed by atoms with Crippen molar-refractivity contribution in [3.05, 3.63) is 0 Å². The molecule has 2 N–H and O–H groups in total. The number of ether oxygens (including phenoxy) is 2. The van der Waals surface area contributed by atoms with Gasteiger partial charge in [-0.25, -0.2) is 0 Å². The van der Waals surface area contributed by atoms with Gasteiger partial charge in [0.1, 0.15) is 6.10 Å². The topological polar surface area (TPSA) is 79.9 Å². The summed E-state index contributed by atoms with van der Waals surface area (Å²) in [7, 11) is 0. The molecule has 2 saturated heterocycles. The predicted molar refractivity (Wildman–Crippen MR) is 79.3 cm³/mol. The quantitative estimate of drug-likeness (QED) is 0.675. The minimum atomic E-state index is -0.458. The molecule has 124 valence electrons. The van der Waals surface area contributed by atoms with E-state index in [0.29, 0.717) is 38.8 Å². The van der Waals surface area contributed by atoms with Crippen molar-refractivity contribution >= 4 is 11.8 Å². The van der Waals surface area contributed by atoms with Crippen molar-refractivity contribution in [2.24, 2.45) is 0 Å². The Morgan fingerprint density at radius 2 is 2.00 bits per heavy atom. The van der Waals surface area contributed by atoms with Crippen LogP contribution in [-0.4, -0.2) is 74.4 Å². The molecule has 0 radical (unpaired) electrons. The van der Waals surface area contributed by atoms with Crippen LogP contribution in [0.4, 0.5) is 0 Å². The van der Waals surface area contributed by atoms with Crippen LogP contribution in [0.1, 0.15) is 25.7 Å². The van der Waals surface area contributed by atoms with Crippen LogP contribution >= 0.6 is 0 Å². The van der Waals surface area contributed by atoms with Crippen LogP contribution in [0.15, 0.2) is 0 Å². The standard InChI is InChI=1S/C15H25N3O4/c19-14(16-8-12-2-1-6-21-12)10-18-5-7-22-13(9-18)15(20)17-11-3-4-11/h11-13H,1-10H2,(H,16,19)(H,17,20). The first-order chi connectivity index (χ1) is 10.7. The Balaban J connectivity index is 1.37. The summed E-state index contributed by atoms with van der Waals surface area (Å²) in [6.45, 7) is 3.33. The Labute approximate surface area is 130 Å². The number of nitrogens with zero attached hydrogens (tertiary/aromatic N) is 1. The highest BCUT2D eigenvalue weighted by Crippen LogP contribution is 2.19. The van der Waals surface area contributed by atoms with E-state index in [1.54, 1.807) is 0 Å². The Morgan fingerprint density at radius 1 is 1.14 bits per heavy atom. The van der Waals surface area contributed by atoms with E-state index in [2.05, 4.69) is 10.6 Å². The van der Waals surface area contributed by atoms with Gasteiger partial charge in [0.05, 0.1) is 19.3 Å². The fraction of sp³-hybridized carbons (Fsp3) is 0.867. The van der Waals surface area contributed by atoms with Gasteiger partial charge in [-0.2, -0.15) is 0 Å². The average Bonchev–Trinajstić information content (AvgIpc) is 3.17. The number of hydrogen-bond acceptors (Lipinski definition) is 5. The van der Waals surface area contributed by atoms with Gasteiger partial charge >= 0.3 is 0 Å². The van der Waals surface area contributed by atoms with Gasteiger partial charge in [-0.15, -0.1) is 0 Å². The first-order valence-corrected chi connectivity index (χ1v) is 8.23. The number of nitrogens with one attached hydrogen (secondary N) is 2. The minimum Gasteiger partial charge on any atom is -0.376 e. The second kappa shape index (κ2) is 7.39. The fourth-order valence-electron chi connectivity index (χ4n) is 2.82. The van der Waals surface area contributed by atoms with Gasteiger partial charge in [0, 0.05) is 32.3 Å². The van der Waals surface area contributed by atoms with Crippen molar-refractivity contribution in [3.63, 3.8) is 0 Å². The summed E-state index contributed by atoms with van der Waals surface area (Å²) in [4.78, 5) is 26.0. The monoisotopic (exact) mass is 311 g/mol. The van der Waals surface area contributed by atoms with Gasteiger partial charge in [0.15, 0.2) is 0 Å². The summed E-state index contributed by atoms with van der Waals surface area (Å²) in [6, 6.07) is 0.334. The lowest BCUT2D eigenvalue weighted by Crippen LogP contribution is -2.52. The molecule has 2 atom stereocenters. The summed E-state index contributed by atoms with van der Waals surface area (Å²) >= 11 is 0. The zero-order chi connectivity index (χ0) is 15.4. The van der Waals surface area contributed by atoms with Crippen molar-refractivity contribution in [1.29, 1.82) is 0 Å². The smallest absolute Gasteiger partial charge is 0.250 e. The van der Waals surface area contributed by atoms with E-state index in [4.69, 9.17) is 9.47 Å². The highest BCUT2D eigenvalue weighted by molar-refractivity contribution is 5.82. The van der Waals surface area contributed by atoms with Crippen LogP contribution in [0.3, 0.4) is 0 Å². The highest BCUT2D eigenvalue weighted by atomic mass is 16.5. The Morgan fingerprint density at radius 3 is 2.73 bits per heavy atom. The zero-order valence-corrected chi connectivity index (χ0v) is 12.9. The van der Waals surface area contributed by atoms with E-state index in [-0.39, 0.29) is 17.9 Å². The molecular formula is C15H25N3O4. The molecular weight excluding hydrogens is 286 g/mol. The molecule has 3 fully saturated rings. The normalized spacial score (nSPS) is 29.3. The maximum Gasteiger partial charge on any atom is 0.250 e. The molecule has 0 aromatic heterocycles. The van der Waals surface area contributed by atoms with Crippen molar-refractivity contribution in [3.8, 4) is 0 Å². The Bertz CT molecular complexity index is 408. The number of carbonyl (C=O) groups is 2. The minimum absolute atomic E-state index is 0.0150. The van der Waals surface area contributed by atoms with Gasteiger partial charge in [-0.05, 0) is 25.7 Å². The van der Waals surface area contributed by atoms with Gasteiger partial charge in [0.25, 0.3) is 5.91 Å². The van der Waals surface area contributed by atoms with Crippen molar-refractivity contribution in [2.45, 2.75) is 43.9 Å². The summed E-state index contributed by atoms with van der Waals surface area (Å²) < 4.78 is 11.0. The maximum atomic E-state index is 12.0. The number of hydrogen-bond donors (Lipinski definition) is 2. The number of morpholine rings is 1. The SMILES string of the molecule is O=C(CN1CCOC(C(=O)NC2CC2)C1)NCC1CCCO1. The van der Waals surface area contributed by atoms with E-state index < -0.39 is 6.10 Å². The van der Waals surface area contributed by atoms with Gasteiger partial charge < -0.3 is 20.1 Å². The molecule has 2 heterocycles. The molecule has 0 bridgehead atoms.